The molecule has 0 aliphatic rings. The Hall–Kier alpha value is -2.22. The first-order valence-corrected chi connectivity index (χ1v) is 5.15. The summed E-state index contributed by atoms with van der Waals surface area (Å²) < 4.78 is 37.1. The van der Waals surface area contributed by atoms with Gasteiger partial charge in [-0.1, -0.05) is 12.1 Å². The second-order valence-electron chi connectivity index (χ2n) is 3.86. The van der Waals surface area contributed by atoms with Crippen LogP contribution in [0.2, 0.25) is 0 Å². The minimum absolute atomic E-state index is 0.110. The van der Waals surface area contributed by atoms with Crippen LogP contribution in [-0.2, 0) is 6.18 Å². The number of H-pyrrole nitrogens is 2. The highest BCUT2D eigenvalue weighted by atomic mass is 19.4. The fourth-order valence-electron chi connectivity index (χ4n) is 1.61. The highest BCUT2D eigenvalue weighted by molar-refractivity contribution is 5.33. The Morgan fingerprint density at radius 3 is 2.11 bits per heavy atom. The molecule has 1 aromatic heterocycles. The normalized spacial score (nSPS) is 13.5. The highest BCUT2D eigenvalue weighted by Gasteiger charge is 2.30. The lowest BCUT2D eigenvalue weighted by Crippen LogP contribution is -2.07. The quantitative estimate of drug-likeness (QED) is 0.669. The lowest BCUT2D eigenvalue weighted by Gasteiger charge is -2.11. The zero-order valence-corrected chi connectivity index (χ0v) is 9.32. The topological polar surface area (TPSA) is 89.1 Å². The van der Waals surface area contributed by atoms with Gasteiger partial charge in [-0.05, 0) is 17.7 Å². The molecule has 8 heteroatoms. The monoisotopic (exact) mass is 274 g/mol. The van der Waals surface area contributed by atoms with Crippen molar-refractivity contribution in [3.63, 3.8) is 0 Å². The number of halogens is 3. The van der Waals surface area contributed by atoms with Crippen molar-refractivity contribution in [1.82, 2.24) is 9.97 Å². The van der Waals surface area contributed by atoms with Gasteiger partial charge in [-0.15, -0.1) is 0 Å². The summed E-state index contributed by atoms with van der Waals surface area (Å²) in [5.41, 5.74) is -1.67. The second-order valence-corrected chi connectivity index (χ2v) is 3.86. The molecule has 0 spiro atoms. The second kappa shape index (κ2) is 4.47. The molecule has 102 valence electrons. The first-order chi connectivity index (χ1) is 8.79. The van der Waals surface area contributed by atoms with Gasteiger partial charge in [0.05, 0.1) is 5.56 Å². The number of nitrogens with one attached hydrogen (secondary N) is 2. The van der Waals surface area contributed by atoms with Crippen molar-refractivity contribution in [2.75, 3.05) is 0 Å². The summed E-state index contributed by atoms with van der Waals surface area (Å²) >= 11 is 0. The van der Waals surface area contributed by atoms with E-state index in [4.69, 9.17) is 0 Å². The van der Waals surface area contributed by atoms with Crippen molar-refractivity contribution in [3.8, 4) is 5.88 Å². The first-order valence-electron chi connectivity index (χ1n) is 5.15. The smallest absolute Gasteiger partial charge is 0.416 e. The van der Waals surface area contributed by atoms with Crippen LogP contribution < -0.4 is 5.69 Å². The van der Waals surface area contributed by atoms with E-state index in [1.54, 1.807) is 0 Å². The summed E-state index contributed by atoms with van der Waals surface area (Å²) in [5, 5.41) is 19.2. The molecule has 2 rings (SSSR count). The Bertz CT molecular complexity index is 628. The lowest BCUT2D eigenvalue weighted by atomic mass is 10.0. The van der Waals surface area contributed by atoms with E-state index in [-0.39, 0.29) is 11.3 Å². The first kappa shape index (κ1) is 13.2. The molecular weight excluding hydrogens is 265 g/mol. The number of aromatic hydroxyl groups is 1. The average Bonchev–Trinajstić information content (AvgIpc) is 2.66. The Kier molecular flexibility index (Phi) is 3.11. The minimum Gasteiger partial charge on any atom is -0.493 e. The molecule has 0 aliphatic heterocycles. The number of aliphatic hydroxyl groups excluding tert-OH is 1. The molecule has 0 amide bonds. The van der Waals surface area contributed by atoms with Crippen LogP contribution in [0.1, 0.15) is 22.9 Å². The van der Waals surface area contributed by atoms with Crippen molar-refractivity contribution < 1.29 is 23.4 Å². The van der Waals surface area contributed by atoms with E-state index in [0.717, 1.165) is 24.3 Å². The fraction of sp³-hybridized carbons (Fsp3) is 0.182. The van der Waals surface area contributed by atoms with Crippen LogP contribution in [0.3, 0.4) is 0 Å². The molecule has 0 bridgehead atoms. The summed E-state index contributed by atoms with van der Waals surface area (Å²) in [7, 11) is 0. The van der Waals surface area contributed by atoms with E-state index in [9.17, 15) is 28.2 Å². The van der Waals surface area contributed by atoms with Crippen LogP contribution in [0.5, 0.6) is 5.88 Å². The molecule has 2 aromatic rings. The molecule has 1 atom stereocenters. The van der Waals surface area contributed by atoms with Gasteiger partial charge in [0.1, 0.15) is 11.8 Å². The number of benzene rings is 1. The number of rotatable bonds is 2. The number of imidazole rings is 1. The molecule has 0 fully saturated rings. The maximum Gasteiger partial charge on any atom is 0.416 e. The van der Waals surface area contributed by atoms with E-state index in [1.807, 2.05) is 4.98 Å². The number of aromatic amines is 2. The summed E-state index contributed by atoms with van der Waals surface area (Å²) in [6.45, 7) is 0. The van der Waals surface area contributed by atoms with Crippen molar-refractivity contribution in [2.45, 2.75) is 12.3 Å². The third kappa shape index (κ3) is 2.63. The van der Waals surface area contributed by atoms with Gasteiger partial charge in [-0.2, -0.15) is 13.2 Å². The molecule has 1 aromatic carbocycles. The van der Waals surface area contributed by atoms with Crippen molar-refractivity contribution in [3.05, 3.63) is 51.6 Å². The van der Waals surface area contributed by atoms with E-state index < -0.39 is 29.4 Å². The molecule has 1 unspecified atom stereocenters. The Morgan fingerprint density at radius 2 is 1.68 bits per heavy atom. The van der Waals surface area contributed by atoms with Crippen molar-refractivity contribution in [2.24, 2.45) is 0 Å². The predicted molar refractivity (Wildman–Crippen MR) is 58.6 cm³/mol. The summed E-state index contributed by atoms with van der Waals surface area (Å²) in [4.78, 5) is 15.1. The van der Waals surface area contributed by atoms with Gasteiger partial charge >= 0.3 is 11.9 Å². The van der Waals surface area contributed by atoms with E-state index in [1.165, 1.54) is 0 Å². The maximum absolute atomic E-state index is 12.4. The molecule has 0 saturated heterocycles. The van der Waals surface area contributed by atoms with Gasteiger partial charge in [0, 0.05) is 0 Å². The van der Waals surface area contributed by atoms with Crippen LogP contribution in [0.4, 0.5) is 13.2 Å². The van der Waals surface area contributed by atoms with Gasteiger partial charge in [0.15, 0.2) is 0 Å². The van der Waals surface area contributed by atoms with Crippen molar-refractivity contribution >= 4 is 0 Å². The van der Waals surface area contributed by atoms with E-state index in [2.05, 4.69) is 4.98 Å². The molecule has 1 heterocycles. The van der Waals surface area contributed by atoms with Gasteiger partial charge in [0.2, 0.25) is 5.88 Å². The molecule has 0 aliphatic carbocycles. The Morgan fingerprint density at radius 1 is 1.11 bits per heavy atom. The minimum atomic E-state index is -4.46. The third-order valence-electron chi connectivity index (χ3n) is 2.56. The molecule has 0 saturated carbocycles. The van der Waals surface area contributed by atoms with Crippen molar-refractivity contribution in [1.29, 1.82) is 0 Å². The third-order valence-corrected chi connectivity index (χ3v) is 2.56. The van der Waals surface area contributed by atoms with Crippen LogP contribution in [-0.4, -0.2) is 20.2 Å². The molecule has 4 N–H and O–H groups in total. The molecule has 0 radical (unpaired) electrons. The number of hydrogen-bond donors (Lipinski definition) is 4. The Labute approximate surface area is 104 Å². The van der Waals surface area contributed by atoms with Crippen LogP contribution >= 0.6 is 0 Å². The number of alkyl halides is 3. The van der Waals surface area contributed by atoms with Crippen LogP contribution in [0.15, 0.2) is 29.1 Å². The standard InChI is InChI=1S/C11H9F3N2O3/c12-11(13,14)6-3-1-5(2-4-6)8(17)7-9(18)16-10(19)15-7/h1-4,8,17-18H,(H2,15,16,19). The SMILES string of the molecule is O=c1[nH]c(O)c(C(O)c2ccc(C(F)(F)F)cc2)[nH]1. The molecule has 19 heavy (non-hydrogen) atoms. The summed E-state index contributed by atoms with van der Waals surface area (Å²) in [6.07, 6.45) is -5.89. The zero-order valence-electron chi connectivity index (χ0n) is 9.32. The molecular formula is C11H9F3N2O3. The van der Waals surface area contributed by atoms with Crippen LogP contribution in [0.25, 0.3) is 0 Å². The molecule has 5 nitrogen and oxygen atoms in total. The zero-order chi connectivity index (χ0) is 14.2. The number of aromatic nitrogens is 2. The maximum atomic E-state index is 12.4. The largest absolute Gasteiger partial charge is 0.493 e. The predicted octanol–water partition coefficient (Wildman–Crippen LogP) is 1.51. The summed E-state index contributed by atoms with van der Waals surface area (Å²) in [6, 6.07) is 3.75. The van der Waals surface area contributed by atoms with Gasteiger partial charge in [0.25, 0.3) is 0 Å². The Balaban J connectivity index is 2.32. The average molecular weight is 274 g/mol. The summed E-state index contributed by atoms with van der Waals surface area (Å²) in [5.74, 6) is -0.558. The van der Waals surface area contributed by atoms with E-state index >= 15 is 0 Å². The van der Waals surface area contributed by atoms with Gasteiger partial charge < -0.3 is 15.2 Å². The fourth-order valence-corrected chi connectivity index (χ4v) is 1.61. The number of hydrogen-bond acceptors (Lipinski definition) is 3. The van der Waals surface area contributed by atoms with E-state index in [0.29, 0.717) is 0 Å². The van der Waals surface area contributed by atoms with Gasteiger partial charge in [-0.25, -0.2) is 4.79 Å². The lowest BCUT2D eigenvalue weighted by molar-refractivity contribution is -0.137. The van der Waals surface area contributed by atoms with Crippen LogP contribution in [0, 0.1) is 0 Å². The van der Waals surface area contributed by atoms with Gasteiger partial charge in [-0.3, -0.25) is 4.98 Å². The number of aliphatic hydroxyl groups is 1. The highest BCUT2D eigenvalue weighted by Crippen LogP contribution is 2.31.